The summed E-state index contributed by atoms with van der Waals surface area (Å²) in [6, 6.07) is 9.02. The third kappa shape index (κ3) is 2.14. The van der Waals surface area contributed by atoms with E-state index in [9.17, 15) is 0 Å². The summed E-state index contributed by atoms with van der Waals surface area (Å²) < 4.78 is 0. The number of rotatable bonds is 2. The van der Waals surface area contributed by atoms with Gasteiger partial charge in [0.15, 0.2) is 5.82 Å². The van der Waals surface area contributed by atoms with Gasteiger partial charge in [-0.25, -0.2) is 9.97 Å². The topological polar surface area (TPSA) is 63.8 Å². The van der Waals surface area contributed by atoms with Crippen LogP contribution in [0.1, 0.15) is 17.5 Å². The van der Waals surface area contributed by atoms with E-state index in [1.807, 2.05) is 0 Å². The van der Waals surface area contributed by atoms with Gasteiger partial charge in [-0.05, 0) is 30.4 Å². The number of nitrogens with zero attached hydrogens (tertiary/aromatic N) is 2. The van der Waals surface area contributed by atoms with E-state index in [0.717, 1.165) is 25.1 Å². The minimum atomic E-state index is 0.400. The molecule has 1 unspecified atom stereocenters. The van der Waals surface area contributed by atoms with Crippen molar-refractivity contribution >= 4 is 11.5 Å². The molecule has 0 spiro atoms. The summed E-state index contributed by atoms with van der Waals surface area (Å²) in [7, 11) is 0. The molecule has 0 saturated heterocycles. The van der Waals surface area contributed by atoms with E-state index in [2.05, 4.69) is 39.6 Å². The summed E-state index contributed by atoms with van der Waals surface area (Å²) >= 11 is 0. The molecule has 0 aliphatic heterocycles. The van der Waals surface area contributed by atoms with Crippen LogP contribution in [0.3, 0.4) is 0 Å². The van der Waals surface area contributed by atoms with Gasteiger partial charge in [0.25, 0.3) is 0 Å². The van der Waals surface area contributed by atoms with E-state index >= 15 is 0 Å². The van der Waals surface area contributed by atoms with Crippen molar-refractivity contribution in [2.45, 2.75) is 25.3 Å². The molecular formula is C14H16N4. The molecule has 1 aliphatic rings. The van der Waals surface area contributed by atoms with Crippen LogP contribution in [-0.4, -0.2) is 16.0 Å². The quantitative estimate of drug-likeness (QED) is 0.843. The first-order chi connectivity index (χ1) is 8.83. The molecule has 2 aromatic rings. The highest BCUT2D eigenvalue weighted by molar-refractivity contribution is 5.59. The van der Waals surface area contributed by atoms with Gasteiger partial charge in [0, 0.05) is 6.04 Å². The molecular weight excluding hydrogens is 224 g/mol. The van der Waals surface area contributed by atoms with Crippen molar-refractivity contribution in [3.8, 4) is 0 Å². The molecule has 1 heterocycles. The third-order valence-corrected chi connectivity index (χ3v) is 3.43. The molecule has 3 rings (SSSR count). The van der Waals surface area contributed by atoms with Crippen molar-refractivity contribution in [3.63, 3.8) is 0 Å². The van der Waals surface area contributed by atoms with E-state index in [1.54, 1.807) is 6.20 Å². The zero-order valence-electron chi connectivity index (χ0n) is 10.1. The summed E-state index contributed by atoms with van der Waals surface area (Å²) in [5.41, 5.74) is 9.34. The number of fused-ring (bicyclic) bond motifs is 1. The van der Waals surface area contributed by atoms with Gasteiger partial charge in [0.2, 0.25) is 0 Å². The van der Waals surface area contributed by atoms with Crippen LogP contribution in [0.25, 0.3) is 0 Å². The standard InChI is InChI=1S/C14H16N4/c15-13-8-16-9-17-14(13)18-12-6-5-10-3-1-2-4-11(10)7-12/h1-4,8-9,12H,5-7,15H2,(H,16,17,18). The Morgan fingerprint density at radius 2 is 2.06 bits per heavy atom. The number of hydrogen-bond donors (Lipinski definition) is 2. The van der Waals surface area contributed by atoms with Crippen LogP contribution < -0.4 is 11.1 Å². The summed E-state index contributed by atoms with van der Waals surface area (Å²) in [6.45, 7) is 0. The maximum atomic E-state index is 5.84. The first-order valence-electron chi connectivity index (χ1n) is 6.22. The number of anilines is 2. The van der Waals surface area contributed by atoms with E-state index in [0.29, 0.717) is 11.7 Å². The number of aromatic nitrogens is 2. The monoisotopic (exact) mass is 240 g/mol. The average Bonchev–Trinajstić information content (AvgIpc) is 2.41. The van der Waals surface area contributed by atoms with Crippen LogP contribution in [0, 0.1) is 0 Å². The molecule has 1 aromatic carbocycles. The number of nitrogens with two attached hydrogens (primary N) is 1. The molecule has 18 heavy (non-hydrogen) atoms. The Morgan fingerprint density at radius 1 is 1.22 bits per heavy atom. The van der Waals surface area contributed by atoms with E-state index in [4.69, 9.17) is 5.73 Å². The lowest BCUT2D eigenvalue weighted by Crippen LogP contribution is -2.28. The van der Waals surface area contributed by atoms with Gasteiger partial charge >= 0.3 is 0 Å². The van der Waals surface area contributed by atoms with Crippen molar-refractivity contribution in [1.82, 2.24) is 9.97 Å². The van der Waals surface area contributed by atoms with Crippen LogP contribution in [-0.2, 0) is 12.8 Å². The Morgan fingerprint density at radius 3 is 2.89 bits per heavy atom. The van der Waals surface area contributed by atoms with Gasteiger partial charge in [-0.2, -0.15) is 0 Å². The summed E-state index contributed by atoms with van der Waals surface area (Å²) in [5, 5.41) is 3.41. The summed E-state index contributed by atoms with van der Waals surface area (Å²) in [6.07, 6.45) is 6.40. The van der Waals surface area contributed by atoms with Gasteiger partial charge in [-0.1, -0.05) is 24.3 Å². The SMILES string of the molecule is Nc1cncnc1NC1CCc2ccccc2C1. The Balaban J connectivity index is 1.75. The highest BCUT2D eigenvalue weighted by Gasteiger charge is 2.18. The zero-order chi connectivity index (χ0) is 12.4. The second-order valence-corrected chi connectivity index (χ2v) is 4.68. The van der Waals surface area contributed by atoms with Gasteiger partial charge in [0.05, 0.1) is 11.9 Å². The molecule has 0 saturated carbocycles. The first kappa shape index (κ1) is 11.0. The van der Waals surface area contributed by atoms with Gasteiger partial charge in [0.1, 0.15) is 6.33 Å². The molecule has 0 bridgehead atoms. The van der Waals surface area contributed by atoms with E-state index in [-0.39, 0.29) is 0 Å². The number of aryl methyl sites for hydroxylation is 1. The van der Waals surface area contributed by atoms with Crippen molar-refractivity contribution in [2.75, 3.05) is 11.1 Å². The highest BCUT2D eigenvalue weighted by Crippen LogP contribution is 2.24. The zero-order valence-corrected chi connectivity index (χ0v) is 10.1. The lowest BCUT2D eigenvalue weighted by Gasteiger charge is -2.26. The number of hydrogen-bond acceptors (Lipinski definition) is 4. The largest absolute Gasteiger partial charge is 0.394 e. The Kier molecular flexibility index (Phi) is 2.84. The average molecular weight is 240 g/mol. The first-order valence-corrected chi connectivity index (χ1v) is 6.22. The fraction of sp³-hybridized carbons (Fsp3) is 0.286. The molecule has 0 fully saturated rings. The summed E-state index contributed by atoms with van der Waals surface area (Å²) in [4.78, 5) is 8.08. The van der Waals surface area contributed by atoms with Gasteiger partial charge < -0.3 is 11.1 Å². The molecule has 3 N–H and O–H groups in total. The van der Waals surface area contributed by atoms with Crippen LogP contribution in [0.5, 0.6) is 0 Å². The maximum absolute atomic E-state index is 5.84. The molecule has 1 aliphatic carbocycles. The minimum absolute atomic E-state index is 0.400. The maximum Gasteiger partial charge on any atom is 0.152 e. The Hall–Kier alpha value is -2.10. The summed E-state index contributed by atoms with van der Waals surface area (Å²) in [5.74, 6) is 0.745. The van der Waals surface area contributed by atoms with Crippen molar-refractivity contribution in [3.05, 3.63) is 47.9 Å². The molecule has 1 atom stereocenters. The second kappa shape index (κ2) is 4.64. The minimum Gasteiger partial charge on any atom is -0.394 e. The van der Waals surface area contributed by atoms with Crippen LogP contribution in [0.2, 0.25) is 0 Å². The van der Waals surface area contributed by atoms with Crippen molar-refractivity contribution < 1.29 is 0 Å². The molecule has 0 radical (unpaired) electrons. The van der Waals surface area contributed by atoms with E-state index in [1.165, 1.54) is 17.5 Å². The molecule has 1 aromatic heterocycles. The normalized spacial score (nSPS) is 18.1. The molecule has 4 heteroatoms. The Labute approximate surface area is 106 Å². The fourth-order valence-electron chi connectivity index (χ4n) is 2.48. The predicted molar refractivity (Wildman–Crippen MR) is 72.3 cm³/mol. The van der Waals surface area contributed by atoms with Gasteiger partial charge in [-0.15, -0.1) is 0 Å². The number of nitrogen functional groups attached to an aromatic ring is 1. The third-order valence-electron chi connectivity index (χ3n) is 3.43. The van der Waals surface area contributed by atoms with Crippen molar-refractivity contribution in [2.24, 2.45) is 0 Å². The molecule has 92 valence electrons. The van der Waals surface area contributed by atoms with Crippen molar-refractivity contribution in [1.29, 1.82) is 0 Å². The Bertz CT molecular complexity index is 553. The van der Waals surface area contributed by atoms with Gasteiger partial charge in [-0.3, -0.25) is 0 Å². The van der Waals surface area contributed by atoms with Crippen LogP contribution in [0.4, 0.5) is 11.5 Å². The molecule has 0 amide bonds. The predicted octanol–water partition coefficient (Wildman–Crippen LogP) is 2.03. The number of nitrogens with one attached hydrogen (secondary N) is 1. The van der Waals surface area contributed by atoms with Crippen LogP contribution in [0.15, 0.2) is 36.8 Å². The van der Waals surface area contributed by atoms with Crippen LogP contribution >= 0.6 is 0 Å². The molecule has 4 nitrogen and oxygen atoms in total. The second-order valence-electron chi connectivity index (χ2n) is 4.68. The number of benzene rings is 1. The highest BCUT2D eigenvalue weighted by atomic mass is 15.1. The lowest BCUT2D eigenvalue weighted by atomic mass is 9.88. The lowest BCUT2D eigenvalue weighted by molar-refractivity contribution is 0.609. The van der Waals surface area contributed by atoms with E-state index < -0.39 is 0 Å². The smallest absolute Gasteiger partial charge is 0.152 e. The fourth-order valence-corrected chi connectivity index (χ4v) is 2.48.